The number of esters is 1. The lowest BCUT2D eigenvalue weighted by Gasteiger charge is -2.18. The molecular weight excluding hydrogens is 260 g/mol. The van der Waals surface area contributed by atoms with Gasteiger partial charge in [-0.2, -0.15) is 0 Å². The maximum Gasteiger partial charge on any atom is 0.337 e. The maximum absolute atomic E-state index is 11.4. The highest BCUT2D eigenvalue weighted by Crippen LogP contribution is 2.26. The van der Waals surface area contributed by atoms with Crippen LogP contribution >= 0.6 is 0 Å². The van der Waals surface area contributed by atoms with E-state index in [1.807, 2.05) is 12.2 Å². The molecule has 1 aliphatic carbocycles. The number of unbranched alkanes of at least 4 members (excludes halogenated alkanes) is 7. The Morgan fingerprint density at radius 1 is 1.14 bits per heavy atom. The minimum Gasteiger partial charge on any atom is -0.465 e. The number of methoxy groups -OCH3 is 1. The van der Waals surface area contributed by atoms with Crippen molar-refractivity contribution in [2.75, 3.05) is 7.11 Å². The molecule has 0 fully saturated rings. The molecule has 0 bridgehead atoms. The van der Waals surface area contributed by atoms with Crippen LogP contribution in [0.4, 0.5) is 0 Å². The summed E-state index contributed by atoms with van der Waals surface area (Å²) in [5.41, 5.74) is 1.63. The van der Waals surface area contributed by atoms with Crippen LogP contribution in [0.1, 0.15) is 64.7 Å². The van der Waals surface area contributed by atoms with E-state index in [0.29, 0.717) is 11.5 Å². The van der Waals surface area contributed by atoms with Crippen LogP contribution in [0.2, 0.25) is 0 Å². The van der Waals surface area contributed by atoms with Crippen molar-refractivity contribution in [1.29, 1.82) is 0 Å². The predicted molar refractivity (Wildman–Crippen MR) is 89.1 cm³/mol. The van der Waals surface area contributed by atoms with Crippen LogP contribution in [0, 0.1) is 5.92 Å². The van der Waals surface area contributed by atoms with E-state index in [1.165, 1.54) is 58.5 Å². The Balaban J connectivity index is 2.15. The van der Waals surface area contributed by atoms with Crippen LogP contribution in [-0.4, -0.2) is 13.1 Å². The van der Waals surface area contributed by atoms with Crippen LogP contribution in [0.5, 0.6) is 0 Å². The number of carbonyl (C=O) groups is 1. The molecule has 1 aliphatic rings. The smallest absolute Gasteiger partial charge is 0.337 e. The Bertz CT molecular complexity index is 390. The predicted octanol–water partition coefficient (Wildman–Crippen LogP) is 5.36. The van der Waals surface area contributed by atoms with Gasteiger partial charge in [-0.3, -0.25) is 0 Å². The van der Waals surface area contributed by atoms with Gasteiger partial charge in [0.05, 0.1) is 12.7 Å². The zero-order chi connectivity index (χ0) is 15.5. The van der Waals surface area contributed by atoms with Crippen molar-refractivity contribution in [1.82, 2.24) is 0 Å². The van der Waals surface area contributed by atoms with Gasteiger partial charge in [0, 0.05) is 5.92 Å². The Morgan fingerprint density at radius 3 is 2.33 bits per heavy atom. The van der Waals surface area contributed by atoms with Gasteiger partial charge in [0.1, 0.15) is 0 Å². The second-order valence-corrected chi connectivity index (χ2v) is 5.90. The van der Waals surface area contributed by atoms with Crippen LogP contribution < -0.4 is 0 Å². The van der Waals surface area contributed by atoms with Crippen molar-refractivity contribution in [2.24, 2.45) is 5.92 Å². The average molecular weight is 290 g/mol. The molecule has 0 radical (unpaired) electrons. The summed E-state index contributed by atoms with van der Waals surface area (Å²) in [5, 5.41) is 0. The topological polar surface area (TPSA) is 26.3 Å². The van der Waals surface area contributed by atoms with Gasteiger partial charge in [-0.15, -0.1) is 0 Å². The lowest BCUT2D eigenvalue weighted by atomic mass is 9.88. The van der Waals surface area contributed by atoms with E-state index < -0.39 is 0 Å². The minimum absolute atomic E-state index is 0.280. The molecule has 0 saturated heterocycles. The van der Waals surface area contributed by atoms with E-state index in [9.17, 15) is 4.79 Å². The number of hydrogen-bond donors (Lipinski definition) is 0. The summed E-state index contributed by atoms with van der Waals surface area (Å²) >= 11 is 0. The molecule has 1 rings (SSSR count). The molecule has 0 aromatic carbocycles. The van der Waals surface area contributed by atoms with E-state index in [4.69, 9.17) is 4.74 Å². The third kappa shape index (κ3) is 6.79. The van der Waals surface area contributed by atoms with Gasteiger partial charge < -0.3 is 4.74 Å². The monoisotopic (exact) mass is 290 g/mol. The van der Waals surface area contributed by atoms with Gasteiger partial charge in [-0.05, 0) is 18.1 Å². The molecule has 0 amide bonds. The summed E-state index contributed by atoms with van der Waals surface area (Å²) in [5.74, 6) is 0.108. The molecule has 0 aromatic rings. The number of carbonyl (C=O) groups excluding carboxylic acids is 1. The molecule has 2 nitrogen and oxygen atoms in total. The fourth-order valence-corrected chi connectivity index (χ4v) is 2.72. The maximum atomic E-state index is 11.4. The Morgan fingerprint density at radius 2 is 1.76 bits per heavy atom. The quantitative estimate of drug-likeness (QED) is 0.400. The molecule has 1 unspecified atom stereocenters. The molecule has 0 saturated carbocycles. The zero-order valence-corrected chi connectivity index (χ0v) is 13.7. The number of rotatable bonds is 10. The SMILES string of the molecule is C=C1C=C(C(=O)OC)C=CC1CCCCCCCCCC. The zero-order valence-electron chi connectivity index (χ0n) is 13.7. The van der Waals surface area contributed by atoms with E-state index in [2.05, 4.69) is 19.6 Å². The summed E-state index contributed by atoms with van der Waals surface area (Å²) in [4.78, 5) is 11.4. The molecular formula is C19H30O2. The molecule has 0 aromatic heterocycles. The highest BCUT2D eigenvalue weighted by molar-refractivity contribution is 5.92. The van der Waals surface area contributed by atoms with Gasteiger partial charge >= 0.3 is 5.97 Å². The molecule has 118 valence electrons. The second-order valence-electron chi connectivity index (χ2n) is 5.90. The Hall–Kier alpha value is -1.31. The largest absolute Gasteiger partial charge is 0.465 e. The van der Waals surface area contributed by atoms with Crippen molar-refractivity contribution in [2.45, 2.75) is 64.7 Å². The summed E-state index contributed by atoms with van der Waals surface area (Å²) in [6.45, 7) is 6.33. The first-order valence-corrected chi connectivity index (χ1v) is 8.36. The highest BCUT2D eigenvalue weighted by atomic mass is 16.5. The standard InChI is InChI=1S/C19H30O2/c1-4-5-6-7-8-9-10-11-12-17-13-14-18(15-16(17)2)19(20)21-3/h13-15,17H,2,4-12H2,1,3H3. The lowest BCUT2D eigenvalue weighted by molar-refractivity contribution is -0.135. The molecule has 2 heteroatoms. The second kappa shape index (κ2) is 10.4. The minimum atomic E-state index is -0.280. The van der Waals surface area contributed by atoms with Gasteiger partial charge in [0.2, 0.25) is 0 Å². The van der Waals surface area contributed by atoms with Gasteiger partial charge in [0.25, 0.3) is 0 Å². The molecule has 0 aliphatic heterocycles. The van der Waals surface area contributed by atoms with Crippen LogP contribution in [-0.2, 0) is 9.53 Å². The summed E-state index contributed by atoms with van der Waals surface area (Å²) in [6.07, 6.45) is 17.7. The highest BCUT2D eigenvalue weighted by Gasteiger charge is 2.16. The van der Waals surface area contributed by atoms with Crippen LogP contribution in [0.15, 0.2) is 36.0 Å². The summed E-state index contributed by atoms with van der Waals surface area (Å²) < 4.78 is 4.73. The molecule has 1 atom stereocenters. The van der Waals surface area contributed by atoms with Gasteiger partial charge in [-0.25, -0.2) is 4.79 Å². The Kier molecular flexibility index (Phi) is 8.80. The van der Waals surface area contributed by atoms with E-state index in [1.54, 1.807) is 0 Å². The van der Waals surface area contributed by atoms with Crippen LogP contribution in [0.3, 0.4) is 0 Å². The van der Waals surface area contributed by atoms with Gasteiger partial charge in [-0.1, -0.05) is 77.0 Å². The first-order chi connectivity index (χ1) is 10.2. The average Bonchev–Trinajstić information content (AvgIpc) is 2.50. The molecule has 0 N–H and O–H groups in total. The van der Waals surface area contributed by atoms with Crippen molar-refractivity contribution in [3.8, 4) is 0 Å². The normalized spacial score (nSPS) is 17.7. The number of ether oxygens (including phenoxy) is 1. The van der Waals surface area contributed by atoms with Crippen LogP contribution in [0.25, 0.3) is 0 Å². The summed E-state index contributed by atoms with van der Waals surface area (Å²) in [7, 11) is 1.41. The van der Waals surface area contributed by atoms with Crippen molar-refractivity contribution in [3.63, 3.8) is 0 Å². The first kappa shape index (κ1) is 17.7. The number of hydrogen-bond acceptors (Lipinski definition) is 2. The van der Waals surface area contributed by atoms with E-state index in [0.717, 1.165) is 12.0 Å². The van der Waals surface area contributed by atoms with Gasteiger partial charge in [0.15, 0.2) is 0 Å². The van der Waals surface area contributed by atoms with E-state index >= 15 is 0 Å². The van der Waals surface area contributed by atoms with Crippen molar-refractivity contribution >= 4 is 5.97 Å². The summed E-state index contributed by atoms with van der Waals surface area (Å²) in [6, 6.07) is 0. The third-order valence-corrected chi connectivity index (χ3v) is 4.12. The van der Waals surface area contributed by atoms with Crippen molar-refractivity contribution in [3.05, 3.63) is 36.0 Å². The molecule has 0 heterocycles. The fourth-order valence-electron chi connectivity index (χ4n) is 2.72. The third-order valence-electron chi connectivity index (χ3n) is 4.12. The first-order valence-electron chi connectivity index (χ1n) is 8.36. The molecule has 21 heavy (non-hydrogen) atoms. The number of allylic oxidation sites excluding steroid dienone is 3. The van der Waals surface area contributed by atoms with Crippen molar-refractivity contribution < 1.29 is 9.53 Å². The fraction of sp³-hybridized carbons (Fsp3) is 0.632. The molecule has 0 spiro atoms. The lowest BCUT2D eigenvalue weighted by Crippen LogP contribution is -2.09. The Labute approximate surface area is 130 Å². The van der Waals surface area contributed by atoms with E-state index in [-0.39, 0.29) is 5.97 Å².